The number of sulfonamides is 1. The SMILES string of the molecule is O=S(=O)(NCc1ccc(Cn2cccn2)cc1)c1cccc(Cl)c1. The van der Waals surface area contributed by atoms with Gasteiger partial charge >= 0.3 is 0 Å². The van der Waals surface area contributed by atoms with Crippen molar-refractivity contribution in [2.24, 2.45) is 0 Å². The van der Waals surface area contributed by atoms with Crippen molar-refractivity contribution in [2.45, 2.75) is 18.0 Å². The highest BCUT2D eigenvalue weighted by Gasteiger charge is 2.13. The third-order valence-corrected chi connectivity index (χ3v) is 5.13. The Kier molecular flexibility index (Phi) is 4.99. The summed E-state index contributed by atoms with van der Waals surface area (Å²) in [6.07, 6.45) is 3.63. The molecule has 7 heteroatoms. The van der Waals surface area contributed by atoms with Crippen molar-refractivity contribution in [2.75, 3.05) is 0 Å². The number of nitrogens with one attached hydrogen (secondary N) is 1. The first kappa shape index (κ1) is 16.7. The minimum absolute atomic E-state index is 0.158. The molecule has 1 N–H and O–H groups in total. The lowest BCUT2D eigenvalue weighted by Crippen LogP contribution is -2.23. The zero-order valence-corrected chi connectivity index (χ0v) is 14.3. The minimum atomic E-state index is -3.58. The molecule has 0 saturated heterocycles. The van der Waals surface area contributed by atoms with Crippen LogP contribution in [0, 0.1) is 0 Å². The van der Waals surface area contributed by atoms with Crippen LogP contribution in [0.3, 0.4) is 0 Å². The van der Waals surface area contributed by atoms with E-state index >= 15 is 0 Å². The molecule has 0 radical (unpaired) electrons. The van der Waals surface area contributed by atoms with Gasteiger partial charge in [0.05, 0.1) is 11.4 Å². The second-order valence-corrected chi connectivity index (χ2v) is 7.51. The van der Waals surface area contributed by atoms with Gasteiger partial charge in [-0.05, 0) is 35.4 Å². The first-order chi connectivity index (χ1) is 11.5. The molecule has 0 aliphatic heterocycles. The molecule has 3 aromatic rings. The van der Waals surface area contributed by atoms with Crippen LogP contribution in [0.25, 0.3) is 0 Å². The van der Waals surface area contributed by atoms with Crippen LogP contribution in [0.1, 0.15) is 11.1 Å². The van der Waals surface area contributed by atoms with Gasteiger partial charge in [0.15, 0.2) is 0 Å². The van der Waals surface area contributed by atoms with Gasteiger partial charge in [-0.2, -0.15) is 5.10 Å². The predicted octanol–water partition coefficient (Wildman–Crippen LogP) is 3.06. The van der Waals surface area contributed by atoms with Crippen LogP contribution in [0.15, 0.2) is 71.9 Å². The molecule has 124 valence electrons. The number of hydrogen-bond donors (Lipinski definition) is 1. The highest BCUT2D eigenvalue weighted by atomic mass is 35.5. The van der Waals surface area contributed by atoms with Crippen molar-refractivity contribution in [3.05, 3.63) is 83.1 Å². The summed E-state index contributed by atoms with van der Waals surface area (Å²) in [6.45, 7) is 0.901. The van der Waals surface area contributed by atoms with Gasteiger partial charge < -0.3 is 0 Å². The number of benzene rings is 2. The van der Waals surface area contributed by atoms with Crippen LogP contribution in [0.5, 0.6) is 0 Å². The van der Waals surface area contributed by atoms with Crippen molar-refractivity contribution < 1.29 is 8.42 Å². The maximum atomic E-state index is 12.3. The Morgan fingerprint density at radius 3 is 2.46 bits per heavy atom. The molecule has 0 fully saturated rings. The van der Waals surface area contributed by atoms with E-state index < -0.39 is 10.0 Å². The van der Waals surface area contributed by atoms with Crippen molar-refractivity contribution in [1.29, 1.82) is 0 Å². The average molecular weight is 362 g/mol. The summed E-state index contributed by atoms with van der Waals surface area (Å²) in [5.41, 5.74) is 1.98. The van der Waals surface area contributed by atoms with Gasteiger partial charge in [-0.3, -0.25) is 4.68 Å². The normalized spacial score (nSPS) is 11.5. The molecule has 0 atom stereocenters. The van der Waals surface area contributed by atoms with E-state index in [4.69, 9.17) is 11.6 Å². The smallest absolute Gasteiger partial charge is 0.240 e. The zero-order chi connectivity index (χ0) is 17.0. The molecule has 0 aliphatic carbocycles. The van der Waals surface area contributed by atoms with Gasteiger partial charge in [0.1, 0.15) is 0 Å². The van der Waals surface area contributed by atoms with Gasteiger partial charge in [0.25, 0.3) is 0 Å². The lowest BCUT2D eigenvalue weighted by molar-refractivity contribution is 0.581. The lowest BCUT2D eigenvalue weighted by Gasteiger charge is -2.08. The molecule has 0 spiro atoms. The Labute approximate surface area is 145 Å². The van der Waals surface area contributed by atoms with E-state index in [0.717, 1.165) is 11.1 Å². The molecule has 2 aromatic carbocycles. The summed E-state index contributed by atoms with van der Waals surface area (Å²) < 4.78 is 28.9. The van der Waals surface area contributed by atoms with Gasteiger partial charge in [-0.25, -0.2) is 13.1 Å². The number of aromatic nitrogens is 2. The number of hydrogen-bond acceptors (Lipinski definition) is 3. The monoisotopic (exact) mass is 361 g/mol. The van der Waals surface area contributed by atoms with Crippen LogP contribution in [0.4, 0.5) is 0 Å². The van der Waals surface area contributed by atoms with Crippen LogP contribution in [-0.4, -0.2) is 18.2 Å². The molecular formula is C17H16ClN3O2S. The Bertz CT molecular complexity index is 907. The summed E-state index contributed by atoms with van der Waals surface area (Å²) >= 11 is 5.84. The Morgan fingerprint density at radius 1 is 1.04 bits per heavy atom. The van der Waals surface area contributed by atoms with E-state index in [9.17, 15) is 8.42 Å². The number of halogens is 1. The van der Waals surface area contributed by atoms with E-state index in [2.05, 4.69) is 9.82 Å². The lowest BCUT2D eigenvalue weighted by atomic mass is 10.1. The van der Waals surface area contributed by atoms with E-state index in [1.165, 1.54) is 12.1 Å². The molecule has 0 amide bonds. The molecule has 1 heterocycles. The highest BCUT2D eigenvalue weighted by Crippen LogP contribution is 2.15. The van der Waals surface area contributed by atoms with Crippen molar-refractivity contribution >= 4 is 21.6 Å². The summed E-state index contributed by atoms with van der Waals surface area (Å²) in [7, 11) is -3.58. The average Bonchev–Trinajstić information content (AvgIpc) is 3.07. The summed E-state index contributed by atoms with van der Waals surface area (Å²) in [4.78, 5) is 0.158. The van der Waals surface area contributed by atoms with Crippen LogP contribution in [-0.2, 0) is 23.1 Å². The quantitative estimate of drug-likeness (QED) is 0.733. The van der Waals surface area contributed by atoms with Gasteiger partial charge in [-0.15, -0.1) is 0 Å². The fourth-order valence-electron chi connectivity index (χ4n) is 2.24. The fourth-order valence-corrected chi connectivity index (χ4v) is 3.56. The standard InChI is InChI=1S/C17H16ClN3O2S/c18-16-3-1-4-17(11-16)24(22,23)20-12-14-5-7-15(8-6-14)13-21-10-2-9-19-21/h1-11,20H,12-13H2. The highest BCUT2D eigenvalue weighted by molar-refractivity contribution is 7.89. The van der Waals surface area contributed by atoms with Crippen LogP contribution < -0.4 is 4.72 Å². The summed E-state index contributed by atoms with van der Waals surface area (Å²) in [6, 6.07) is 15.8. The van der Waals surface area contributed by atoms with E-state index in [1.54, 1.807) is 18.3 Å². The van der Waals surface area contributed by atoms with E-state index in [-0.39, 0.29) is 11.4 Å². The third kappa shape index (κ3) is 4.23. The maximum Gasteiger partial charge on any atom is 0.240 e. The largest absolute Gasteiger partial charge is 0.268 e. The third-order valence-electron chi connectivity index (χ3n) is 3.50. The Balaban J connectivity index is 1.64. The van der Waals surface area contributed by atoms with Gasteiger partial charge in [-0.1, -0.05) is 41.9 Å². The number of nitrogens with zero attached hydrogens (tertiary/aromatic N) is 2. The van der Waals surface area contributed by atoms with E-state index in [1.807, 2.05) is 41.2 Å². The topological polar surface area (TPSA) is 64.0 Å². The van der Waals surface area contributed by atoms with Crippen molar-refractivity contribution in [1.82, 2.24) is 14.5 Å². The van der Waals surface area contributed by atoms with Crippen molar-refractivity contribution in [3.63, 3.8) is 0 Å². The molecule has 0 bridgehead atoms. The van der Waals surface area contributed by atoms with Gasteiger partial charge in [0, 0.05) is 24.0 Å². The zero-order valence-electron chi connectivity index (χ0n) is 12.8. The molecule has 0 unspecified atom stereocenters. The first-order valence-corrected chi connectivity index (χ1v) is 9.19. The second-order valence-electron chi connectivity index (χ2n) is 5.30. The molecule has 5 nitrogen and oxygen atoms in total. The molecular weight excluding hydrogens is 346 g/mol. The Morgan fingerprint density at radius 2 is 1.79 bits per heavy atom. The molecule has 1 aromatic heterocycles. The van der Waals surface area contributed by atoms with E-state index in [0.29, 0.717) is 11.6 Å². The fraction of sp³-hybridized carbons (Fsp3) is 0.118. The van der Waals surface area contributed by atoms with Gasteiger partial charge in [0.2, 0.25) is 10.0 Å². The van der Waals surface area contributed by atoms with Crippen LogP contribution >= 0.6 is 11.6 Å². The summed E-state index contributed by atoms with van der Waals surface area (Å²) in [5, 5.41) is 4.55. The first-order valence-electron chi connectivity index (χ1n) is 7.33. The molecule has 24 heavy (non-hydrogen) atoms. The minimum Gasteiger partial charge on any atom is -0.268 e. The van der Waals surface area contributed by atoms with Crippen LogP contribution in [0.2, 0.25) is 5.02 Å². The molecule has 0 aliphatic rings. The molecule has 0 saturated carbocycles. The maximum absolute atomic E-state index is 12.3. The van der Waals surface area contributed by atoms with Crippen molar-refractivity contribution in [3.8, 4) is 0 Å². The second kappa shape index (κ2) is 7.17. The number of rotatable bonds is 6. The predicted molar refractivity (Wildman–Crippen MR) is 93.2 cm³/mol. The molecule has 3 rings (SSSR count). The summed E-state index contributed by atoms with van der Waals surface area (Å²) in [5.74, 6) is 0. The Hall–Kier alpha value is -2.15.